The molecule has 0 bridgehead atoms. The van der Waals surface area contributed by atoms with Crippen LogP contribution in [0.15, 0.2) is 24.3 Å². The zero-order valence-corrected chi connectivity index (χ0v) is 11.1. The van der Waals surface area contributed by atoms with Crippen LogP contribution < -0.4 is 0 Å². The third-order valence-corrected chi connectivity index (χ3v) is 2.88. The molecule has 0 saturated carbocycles. The van der Waals surface area contributed by atoms with Crippen molar-refractivity contribution in [2.24, 2.45) is 5.41 Å². The molecule has 0 aromatic heterocycles. The Bertz CT molecular complexity index is 209. The first-order valence-electron chi connectivity index (χ1n) is 5.96. The SMILES string of the molecule is C=CC(C)(C)CC(C)=CCN(CC)CC. The summed E-state index contributed by atoms with van der Waals surface area (Å²) in [6.07, 6.45) is 5.50. The molecule has 0 unspecified atom stereocenters. The molecule has 0 amide bonds. The Morgan fingerprint density at radius 2 is 1.80 bits per heavy atom. The molecule has 0 fully saturated rings. The highest BCUT2D eigenvalue weighted by atomic mass is 15.1. The lowest BCUT2D eigenvalue weighted by atomic mass is 9.86. The largest absolute Gasteiger partial charge is 0.300 e. The number of hydrogen-bond acceptors (Lipinski definition) is 1. The molecule has 1 heteroatoms. The molecule has 15 heavy (non-hydrogen) atoms. The lowest BCUT2D eigenvalue weighted by Crippen LogP contribution is -2.23. The fraction of sp³-hybridized carbons (Fsp3) is 0.714. The zero-order chi connectivity index (χ0) is 11.9. The maximum atomic E-state index is 3.88. The molecule has 0 saturated heterocycles. The molecule has 0 heterocycles. The highest BCUT2D eigenvalue weighted by Gasteiger charge is 2.12. The Labute approximate surface area is 95.9 Å². The summed E-state index contributed by atoms with van der Waals surface area (Å²) < 4.78 is 0. The molecule has 0 radical (unpaired) electrons. The van der Waals surface area contributed by atoms with Crippen molar-refractivity contribution in [3.05, 3.63) is 24.3 Å². The summed E-state index contributed by atoms with van der Waals surface area (Å²) in [4.78, 5) is 2.42. The topological polar surface area (TPSA) is 3.24 Å². The van der Waals surface area contributed by atoms with Crippen LogP contribution in [-0.4, -0.2) is 24.5 Å². The number of likely N-dealkylation sites (N-methyl/N-ethyl adjacent to an activating group) is 1. The van der Waals surface area contributed by atoms with Crippen LogP contribution in [0.25, 0.3) is 0 Å². The van der Waals surface area contributed by atoms with E-state index in [4.69, 9.17) is 0 Å². The van der Waals surface area contributed by atoms with Crippen molar-refractivity contribution in [1.29, 1.82) is 0 Å². The van der Waals surface area contributed by atoms with Crippen LogP contribution >= 0.6 is 0 Å². The second kappa shape index (κ2) is 6.84. The normalized spacial score (nSPS) is 13.3. The smallest absolute Gasteiger partial charge is 0.0165 e. The first-order valence-corrected chi connectivity index (χ1v) is 5.96. The van der Waals surface area contributed by atoms with Gasteiger partial charge in [-0.05, 0) is 31.8 Å². The number of allylic oxidation sites excluding steroid dienone is 2. The summed E-state index contributed by atoms with van der Waals surface area (Å²) in [7, 11) is 0. The zero-order valence-electron chi connectivity index (χ0n) is 11.1. The van der Waals surface area contributed by atoms with Crippen molar-refractivity contribution in [1.82, 2.24) is 4.90 Å². The second-order valence-electron chi connectivity index (χ2n) is 4.91. The van der Waals surface area contributed by atoms with Gasteiger partial charge in [0.15, 0.2) is 0 Å². The van der Waals surface area contributed by atoms with Gasteiger partial charge in [-0.3, -0.25) is 0 Å². The van der Waals surface area contributed by atoms with Crippen molar-refractivity contribution in [2.75, 3.05) is 19.6 Å². The van der Waals surface area contributed by atoms with Gasteiger partial charge in [0.25, 0.3) is 0 Å². The summed E-state index contributed by atoms with van der Waals surface area (Å²) in [6, 6.07) is 0. The number of rotatable bonds is 7. The van der Waals surface area contributed by atoms with Crippen LogP contribution in [0.1, 0.15) is 41.0 Å². The van der Waals surface area contributed by atoms with E-state index >= 15 is 0 Å². The molecular weight excluding hydrogens is 182 g/mol. The van der Waals surface area contributed by atoms with E-state index in [1.54, 1.807) is 0 Å². The molecule has 0 atom stereocenters. The minimum Gasteiger partial charge on any atom is -0.300 e. The Morgan fingerprint density at radius 1 is 1.27 bits per heavy atom. The molecule has 0 aliphatic rings. The summed E-state index contributed by atoms with van der Waals surface area (Å²) in [6.45, 7) is 18.3. The number of nitrogens with zero attached hydrogens (tertiary/aromatic N) is 1. The second-order valence-corrected chi connectivity index (χ2v) is 4.91. The van der Waals surface area contributed by atoms with Crippen LogP contribution in [0, 0.1) is 5.41 Å². The first-order chi connectivity index (χ1) is 6.95. The fourth-order valence-electron chi connectivity index (χ4n) is 1.63. The molecule has 0 rings (SSSR count). The third-order valence-electron chi connectivity index (χ3n) is 2.88. The Kier molecular flexibility index (Phi) is 6.58. The van der Waals surface area contributed by atoms with Crippen molar-refractivity contribution < 1.29 is 0 Å². The maximum Gasteiger partial charge on any atom is 0.0165 e. The monoisotopic (exact) mass is 209 g/mol. The molecule has 0 aromatic rings. The van der Waals surface area contributed by atoms with Gasteiger partial charge in [0.05, 0.1) is 0 Å². The average Bonchev–Trinajstić information content (AvgIpc) is 2.19. The van der Waals surface area contributed by atoms with Crippen LogP contribution in [0.4, 0.5) is 0 Å². The van der Waals surface area contributed by atoms with E-state index in [9.17, 15) is 0 Å². The summed E-state index contributed by atoms with van der Waals surface area (Å²) in [5, 5.41) is 0. The van der Waals surface area contributed by atoms with Gasteiger partial charge in [-0.25, -0.2) is 0 Å². The molecule has 0 N–H and O–H groups in total. The van der Waals surface area contributed by atoms with Gasteiger partial charge >= 0.3 is 0 Å². The highest BCUT2D eigenvalue weighted by Crippen LogP contribution is 2.25. The van der Waals surface area contributed by atoms with Gasteiger partial charge < -0.3 is 4.90 Å². The minimum atomic E-state index is 0.226. The quantitative estimate of drug-likeness (QED) is 0.575. The summed E-state index contributed by atoms with van der Waals surface area (Å²) in [5.74, 6) is 0. The molecule has 0 aliphatic heterocycles. The fourth-order valence-corrected chi connectivity index (χ4v) is 1.63. The van der Waals surface area contributed by atoms with Gasteiger partial charge in [0, 0.05) is 6.54 Å². The maximum absolute atomic E-state index is 3.88. The van der Waals surface area contributed by atoms with Gasteiger partial charge in [0.2, 0.25) is 0 Å². The van der Waals surface area contributed by atoms with Crippen molar-refractivity contribution in [3.63, 3.8) is 0 Å². The van der Waals surface area contributed by atoms with Gasteiger partial charge in [-0.2, -0.15) is 0 Å². The molecule has 1 nitrogen and oxygen atoms in total. The van der Waals surface area contributed by atoms with E-state index in [1.165, 1.54) is 5.57 Å². The van der Waals surface area contributed by atoms with Gasteiger partial charge in [-0.15, -0.1) is 6.58 Å². The first kappa shape index (κ1) is 14.4. The molecule has 88 valence electrons. The highest BCUT2D eigenvalue weighted by molar-refractivity contribution is 5.06. The van der Waals surface area contributed by atoms with Gasteiger partial charge in [-0.1, -0.05) is 45.4 Å². The van der Waals surface area contributed by atoms with E-state index in [-0.39, 0.29) is 5.41 Å². The predicted octanol–water partition coefficient (Wildman–Crippen LogP) is 3.88. The summed E-state index contributed by atoms with van der Waals surface area (Å²) in [5.41, 5.74) is 1.69. The lowest BCUT2D eigenvalue weighted by molar-refractivity contribution is 0.335. The van der Waals surface area contributed by atoms with E-state index in [1.807, 2.05) is 6.08 Å². The molecule has 0 aliphatic carbocycles. The summed E-state index contributed by atoms with van der Waals surface area (Å²) >= 11 is 0. The number of hydrogen-bond donors (Lipinski definition) is 0. The van der Waals surface area contributed by atoms with E-state index in [0.717, 1.165) is 26.1 Å². The third kappa shape index (κ3) is 6.51. The Morgan fingerprint density at radius 3 is 2.20 bits per heavy atom. The average molecular weight is 209 g/mol. The molecule has 0 spiro atoms. The van der Waals surface area contributed by atoms with Crippen molar-refractivity contribution in [3.8, 4) is 0 Å². The van der Waals surface area contributed by atoms with Crippen LogP contribution in [0.5, 0.6) is 0 Å². The Balaban J connectivity index is 4.14. The van der Waals surface area contributed by atoms with E-state index in [0.29, 0.717) is 0 Å². The standard InChI is InChI=1S/C14H27N/c1-7-14(5,6)12-13(4)10-11-15(8-2)9-3/h7,10H,1,8-9,11-12H2,2-6H3. The van der Waals surface area contributed by atoms with Crippen molar-refractivity contribution in [2.45, 2.75) is 41.0 Å². The Hall–Kier alpha value is -0.560. The van der Waals surface area contributed by atoms with Crippen LogP contribution in [-0.2, 0) is 0 Å². The molecular formula is C14H27N. The minimum absolute atomic E-state index is 0.226. The predicted molar refractivity (Wildman–Crippen MR) is 70.1 cm³/mol. The van der Waals surface area contributed by atoms with E-state index in [2.05, 4.69) is 52.2 Å². The van der Waals surface area contributed by atoms with Crippen molar-refractivity contribution >= 4 is 0 Å². The molecule has 0 aromatic carbocycles. The van der Waals surface area contributed by atoms with Crippen LogP contribution in [0.2, 0.25) is 0 Å². The van der Waals surface area contributed by atoms with E-state index < -0.39 is 0 Å². The lowest BCUT2D eigenvalue weighted by Gasteiger charge is -2.21. The van der Waals surface area contributed by atoms with Gasteiger partial charge in [0.1, 0.15) is 0 Å². The van der Waals surface area contributed by atoms with Crippen LogP contribution in [0.3, 0.4) is 0 Å².